The Morgan fingerprint density at radius 2 is 1.92 bits per heavy atom. The van der Waals surface area contributed by atoms with Gasteiger partial charge in [0.25, 0.3) is 11.8 Å². The minimum absolute atomic E-state index is 0.273. The van der Waals surface area contributed by atoms with Crippen molar-refractivity contribution in [2.75, 3.05) is 7.11 Å². The van der Waals surface area contributed by atoms with Gasteiger partial charge in [-0.15, -0.1) is 0 Å². The predicted molar refractivity (Wildman–Crippen MR) is 110 cm³/mol. The van der Waals surface area contributed by atoms with E-state index in [0.29, 0.717) is 14.9 Å². The van der Waals surface area contributed by atoms with Crippen molar-refractivity contribution in [3.8, 4) is 5.75 Å². The quantitative estimate of drug-likeness (QED) is 0.565. The average Bonchev–Trinajstić information content (AvgIpc) is 2.90. The van der Waals surface area contributed by atoms with Gasteiger partial charge in [-0.3, -0.25) is 15.0 Å². The first-order chi connectivity index (χ1) is 12.5. The molecule has 0 spiro atoms. The largest absolute Gasteiger partial charge is 0.497 e. The van der Waals surface area contributed by atoms with Gasteiger partial charge in [0.2, 0.25) is 0 Å². The highest BCUT2D eigenvalue weighted by Crippen LogP contribution is 2.32. The van der Waals surface area contributed by atoms with E-state index >= 15 is 0 Å². The molecule has 1 fully saturated rings. The fourth-order valence-corrected chi connectivity index (χ4v) is 3.87. The molecule has 0 unspecified atom stereocenters. The number of nitrogens with zero attached hydrogens (tertiary/aromatic N) is 1. The molecule has 0 atom stereocenters. The number of rotatable bonds is 4. The molecule has 0 aromatic heterocycles. The minimum atomic E-state index is -0.417. The molecular formula is C18H13BrN2O3S2. The maximum atomic E-state index is 12.6. The molecular weight excluding hydrogens is 436 g/mol. The molecule has 132 valence electrons. The Bertz CT molecular complexity index is 913. The molecule has 0 aliphatic carbocycles. The third-order valence-corrected chi connectivity index (χ3v) is 5.53. The molecule has 8 heteroatoms. The number of nitrogens with one attached hydrogen (secondary N) is 1. The molecule has 0 saturated carbocycles. The summed E-state index contributed by atoms with van der Waals surface area (Å²) in [6.07, 6.45) is 1.73. The number of carbonyl (C=O) groups is 2. The summed E-state index contributed by atoms with van der Waals surface area (Å²) in [6.45, 7) is 0. The number of hydrogen-bond donors (Lipinski definition) is 1. The maximum absolute atomic E-state index is 12.6. The van der Waals surface area contributed by atoms with Crippen molar-refractivity contribution in [2.24, 2.45) is 0 Å². The summed E-state index contributed by atoms with van der Waals surface area (Å²) < 4.78 is 6.03. The van der Waals surface area contributed by atoms with E-state index in [2.05, 4.69) is 21.4 Å². The Hall–Kier alpha value is -2.16. The van der Waals surface area contributed by atoms with E-state index in [4.69, 9.17) is 17.0 Å². The first kappa shape index (κ1) is 18.6. The van der Waals surface area contributed by atoms with Crippen LogP contribution in [-0.4, -0.2) is 28.3 Å². The number of amides is 2. The molecule has 3 rings (SSSR count). The number of ether oxygens (including phenoxy) is 1. The lowest BCUT2D eigenvalue weighted by Crippen LogP contribution is -2.44. The standard InChI is InChI=1S/C18H13BrN2O3S2/c1-24-12-8-6-11(7-9-12)10-15-17(23)21(18(25)26-15)20-16(22)13-4-2-3-5-14(13)19/h2-10H,1H3,(H,20,22)/b15-10-. The number of thiocarbonyl (C=S) groups is 1. The van der Waals surface area contributed by atoms with Crippen molar-refractivity contribution < 1.29 is 14.3 Å². The SMILES string of the molecule is COc1ccc(/C=C2\SC(=S)N(NC(=O)c3ccccc3Br)C2=O)cc1. The topological polar surface area (TPSA) is 58.6 Å². The molecule has 2 amide bonds. The average molecular weight is 449 g/mol. The lowest BCUT2D eigenvalue weighted by atomic mass is 10.2. The Kier molecular flexibility index (Phi) is 5.75. The lowest BCUT2D eigenvalue weighted by molar-refractivity contribution is -0.123. The van der Waals surface area contributed by atoms with Crippen LogP contribution in [0, 0.1) is 0 Å². The molecule has 1 N–H and O–H groups in total. The Labute approximate surface area is 168 Å². The van der Waals surface area contributed by atoms with Gasteiger partial charge in [0.05, 0.1) is 17.6 Å². The zero-order valence-corrected chi connectivity index (χ0v) is 16.8. The van der Waals surface area contributed by atoms with Gasteiger partial charge < -0.3 is 4.74 Å². The summed E-state index contributed by atoms with van der Waals surface area (Å²) in [7, 11) is 1.59. The van der Waals surface area contributed by atoms with Gasteiger partial charge in [-0.1, -0.05) is 36.0 Å². The van der Waals surface area contributed by atoms with Crippen LogP contribution >= 0.6 is 39.9 Å². The fourth-order valence-electron chi connectivity index (χ4n) is 2.22. The molecule has 1 aliphatic rings. The monoisotopic (exact) mass is 448 g/mol. The number of halogens is 1. The summed E-state index contributed by atoms with van der Waals surface area (Å²) in [5, 5.41) is 1.09. The van der Waals surface area contributed by atoms with Crippen LogP contribution in [0.1, 0.15) is 15.9 Å². The Morgan fingerprint density at radius 3 is 2.58 bits per heavy atom. The number of hydrazine groups is 1. The summed E-state index contributed by atoms with van der Waals surface area (Å²) in [4.78, 5) is 25.4. The van der Waals surface area contributed by atoms with Gasteiger partial charge >= 0.3 is 0 Å². The van der Waals surface area contributed by atoms with Crippen molar-refractivity contribution in [3.05, 3.63) is 69.0 Å². The molecule has 1 heterocycles. The van der Waals surface area contributed by atoms with E-state index in [1.807, 2.05) is 12.1 Å². The van der Waals surface area contributed by atoms with Gasteiger partial charge in [-0.2, -0.15) is 5.01 Å². The van der Waals surface area contributed by atoms with E-state index in [-0.39, 0.29) is 10.2 Å². The van der Waals surface area contributed by atoms with E-state index in [9.17, 15) is 9.59 Å². The summed E-state index contributed by atoms with van der Waals surface area (Å²) in [5.74, 6) is -0.0499. The minimum Gasteiger partial charge on any atom is -0.497 e. The number of hydrogen-bond acceptors (Lipinski definition) is 5. The van der Waals surface area contributed by atoms with Crippen molar-refractivity contribution in [3.63, 3.8) is 0 Å². The maximum Gasteiger partial charge on any atom is 0.285 e. The summed E-state index contributed by atoms with van der Waals surface area (Å²) in [6, 6.07) is 14.2. The highest BCUT2D eigenvalue weighted by Gasteiger charge is 2.34. The Morgan fingerprint density at radius 1 is 1.23 bits per heavy atom. The van der Waals surface area contributed by atoms with Gasteiger partial charge in [0.1, 0.15) is 5.75 Å². The van der Waals surface area contributed by atoms with E-state index < -0.39 is 5.91 Å². The van der Waals surface area contributed by atoms with Gasteiger partial charge in [-0.05, 0) is 64.1 Å². The highest BCUT2D eigenvalue weighted by molar-refractivity contribution is 9.10. The lowest BCUT2D eigenvalue weighted by Gasteiger charge is -2.16. The first-order valence-corrected chi connectivity index (χ1v) is 9.49. The molecule has 0 bridgehead atoms. The second-order valence-electron chi connectivity index (χ2n) is 5.21. The van der Waals surface area contributed by atoms with Crippen molar-refractivity contribution in [2.45, 2.75) is 0 Å². The third kappa shape index (κ3) is 3.98. The summed E-state index contributed by atoms with van der Waals surface area (Å²) >= 11 is 9.69. The molecule has 2 aromatic rings. The van der Waals surface area contributed by atoms with Crippen molar-refractivity contribution in [1.82, 2.24) is 10.4 Å². The molecule has 1 aliphatic heterocycles. The highest BCUT2D eigenvalue weighted by atomic mass is 79.9. The normalized spacial score (nSPS) is 15.5. The van der Waals surface area contributed by atoms with Crippen LogP contribution in [0.15, 0.2) is 57.9 Å². The van der Waals surface area contributed by atoms with Gasteiger partial charge in [0, 0.05) is 4.47 Å². The second-order valence-corrected chi connectivity index (χ2v) is 7.74. The van der Waals surface area contributed by atoms with E-state index in [1.165, 1.54) is 0 Å². The van der Waals surface area contributed by atoms with Crippen LogP contribution in [-0.2, 0) is 4.79 Å². The zero-order valence-electron chi connectivity index (χ0n) is 13.6. The third-order valence-electron chi connectivity index (χ3n) is 3.54. The predicted octanol–water partition coefficient (Wildman–Crippen LogP) is 4.00. The van der Waals surface area contributed by atoms with Crippen LogP contribution in [0.3, 0.4) is 0 Å². The van der Waals surface area contributed by atoms with Gasteiger partial charge in [0.15, 0.2) is 4.32 Å². The van der Waals surface area contributed by atoms with Crippen LogP contribution in [0.5, 0.6) is 5.75 Å². The smallest absolute Gasteiger partial charge is 0.285 e. The first-order valence-electron chi connectivity index (χ1n) is 7.47. The van der Waals surface area contributed by atoms with Crippen LogP contribution in [0.2, 0.25) is 0 Å². The zero-order chi connectivity index (χ0) is 18.7. The molecule has 5 nitrogen and oxygen atoms in total. The van der Waals surface area contributed by atoms with Crippen molar-refractivity contribution >= 4 is 62.1 Å². The summed E-state index contributed by atoms with van der Waals surface area (Å²) in [5.41, 5.74) is 3.82. The fraction of sp³-hybridized carbons (Fsp3) is 0.0556. The number of carbonyl (C=O) groups excluding carboxylic acids is 2. The number of methoxy groups -OCH3 is 1. The van der Waals surface area contributed by atoms with E-state index in [1.54, 1.807) is 49.6 Å². The molecule has 1 saturated heterocycles. The second kappa shape index (κ2) is 8.03. The number of benzene rings is 2. The molecule has 26 heavy (non-hydrogen) atoms. The van der Waals surface area contributed by atoms with E-state index in [0.717, 1.165) is 28.1 Å². The van der Waals surface area contributed by atoms with Crippen LogP contribution in [0.25, 0.3) is 6.08 Å². The van der Waals surface area contributed by atoms with Crippen LogP contribution in [0.4, 0.5) is 0 Å². The van der Waals surface area contributed by atoms with Crippen molar-refractivity contribution in [1.29, 1.82) is 0 Å². The van der Waals surface area contributed by atoms with Gasteiger partial charge in [-0.25, -0.2) is 0 Å². The number of thioether (sulfide) groups is 1. The molecule has 0 radical (unpaired) electrons. The molecule has 2 aromatic carbocycles. The Balaban J connectivity index is 1.77. The van der Waals surface area contributed by atoms with Crippen LogP contribution < -0.4 is 10.2 Å².